The van der Waals surface area contributed by atoms with Gasteiger partial charge in [-0.25, -0.2) is 9.97 Å². The van der Waals surface area contributed by atoms with E-state index < -0.39 is 0 Å². The third-order valence-electron chi connectivity index (χ3n) is 5.20. The van der Waals surface area contributed by atoms with Crippen molar-refractivity contribution in [3.05, 3.63) is 57.5 Å². The lowest BCUT2D eigenvalue weighted by molar-refractivity contribution is -0.0411. The van der Waals surface area contributed by atoms with Gasteiger partial charge in [0.1, 0.15) is 0 Å². The Morgan fingerprint density at radius 3 is 2.83 bits per heavy atom. The van der Waals surface area contributed by atoms with Crippen molar-refractivity contribution in [2.24, 2.45) is 0 Å². The predicted octanol–water partition coefficient (Wildman–Crippen LogP) is 4.83. The van der Waals surface area contributed by atoms with E-state index in [1.807, 2.05) is 37.3 Å². The first-order valence-electron chi connectivity index (χ1n) is 10.2. The maximum absolute atomic E-state index is 13.5. The van der Waals surface area contributed by atoms with Crippen molar-refractivity contribution in [3.63, 3.8) is 0 Å². The summed E-state index contributed by atoms with van der Waals surface area (Å²) in [6.07, 6.45) is 2.91. The molecule has 1 aliphatic rings. The summed E-state index contributed by atoms with van der Waals surface area (Å²) in [5.41, 5.74) is 4.14. The Bertz CT molecular complexity index is 1120. The van der Waals surface area contributed by atoms with E-state index in [2.05, 4.69) is 20.8 Å². The SMILES string of the molecule is CCCCSc1nc2nc3c(cc2c(=O)n1-c1cccc(C)c1)COC(C)(C)C3. The Kier molecular flexibility index (Phi) is 5.49. The van der Waals surface area contributed by atoms with Crippen molar-refractivity contribution < 1.29 is 4.74 Å². The minimum atomic E-state index is -0.247. The third kappa shape index (κ3) is 4.09. The molecule has 0 aliphatic carbocycles. The van der Waals surface area contributed by atoms with Crippen molar-refractivity contribution in [3.8, 4) is 5.69 Å². The molecule has 2 aromatic heterocycles. The van der Waals surface area contributed by atoms with Crippen molar-refractivity contribution in [2.45, 2.75) is 64.3 Å². The van der Waals surface area contributed by atoms with Crippen molar-refractivity contribution in [2.75, 3.05) is 5.75 Å². The first kappa shape index (κ1) is 20.1. The molecule has 6 heteroatoms. The number of hydrogen-bond acceptors (Lipinski definition) is 5. The second-order valence-electron chi connectivity index (χ2n) is 8.27. The fourth-order valence-electron chi connectivity index (χ4n) is 3.58. The van der Waals surface area contributed by atoms with Crippen LogP contribution in [0.2, 0.25) is 0 Å². The second-order valence-corrected chi connectivity index (χ2v) is 9.33. The zero-order valence-electron chi connectivity index (χ0n) is 17.5. The Morgan fingerprint density at radius 1 is 1.24 bits per heavy atom. The summed E-state index contributed by atoms with van der Waals surface area (Å²) >= 11 is 1.63. The van der Waals surface area contributed by atoms with Crippen LogP contribution in [0.3, 0.4) is 0 Å². The van der Waals surface area contributed by atoms with Crippen molar-refractivity contribution >= 4 is 22.8 Å². The summed E-state index contributed by atoms with van der Waals surface area (Å²) in [5, 5.41) is 1.26. The van der Waals surface area contributed by atoms with Gasteiger partial charge in [-0.1, -0.05) is 37.2 Å². The Labute approximate surface area is 175 Å². The molecule has 0 spiro atoms. The quantitative estimate of drug-likeness (QED) is 0.343. The normalized spacial score (nSPS) is 15.4. The average Bonchev–Trinajstić information content (AvgIpc) is 2.66. The molecule has 0 fully saturated rings. The summed E-state index contributed by atoms with van der Waals surface area (Å²) in [5.74, 6) is 0.923. The summed E-state index contributed by atoms with van der Waals surface area (Å²) in [6, 6.07) is 9.92. The largest absolute Gasteiger partial charge is 0.370 e. The number of nitrogens with zero attached hydrogens (tertiary/aromatic N) is 3. The smallest absolute Gasteiger partial charge is 0.268 e. The molecule has 5 nitrogen and oxygen atoms in total. The third-order valence-corrected chi connectivity index (χ3v) is 6.22. The van der Waals surface area contributed by atoms with Gasteiger partial charge in [-0.3, -0.25) is 9.36 Å². The number of thioether (sulfide) groups is 1. The van der Waals surface area contributed by atoms with Gasteiger partial charge in [-0.2, -0.15) is 0 Å². The number of fused-ring (bicyclic) bond motifs is 2. The maximum atomic E-state index is 13.5. The lowest BCUT2D eigenvalue weighted by Crippen LogP contribution is -2.33. The van der Waals surface area contributed by atoms with E-state index >= 15 is 0 Å². The lowest BCUT2D eigenvalue weighted by atomic mass is 9.95. The number of rotatable bonds is 5. The standard InChI is InChI=1S/C23H27N3O2S/c1-5-6-10-29-22-25-20-18(12-16-14-28-23(3,4)13-19(16)24-20)21(27)26(22)17-9-7-8-15(2)11-17/h7-9,11-12H,5-6,10,13-14H2,1-4H3. The molecular weight excluding hydrogens is 382 g/mol. The van der Waals surface area contributed by atoms with Crippen LogP contribution in [0.25, 0.3) is 16.7 Å². The average molecular weight is 410 g/mol. The van der Waals surface area contributed by atoms with Crippen LogP contribution in [-0.4, -0.2) is 25.9 Å². The zero-order chi connectivity index (χ0) is 20.6. The fourth-order valence-corrected chi connectivity index (χ4v) is 4.66. The fraction of sp³-hybridized carbons (Fsp3) is 0.435. The monoisotopic (exact) mass is 409 g/mol. The number of pyridine rings is 1. The van der Waals surface area contributed by atoms with Gasteiger partial charge in [-0.05, 0) is 51.0 Å². The molecule has 0 atom stereocenters. The Hall–Kier alpha value is -2.18. The summed E-state index contributed by atoms with van der Waals surface area (Å²) in [6.45, 7) is 8.81. The number of hydrogen-bond donors (Lipinski definition) is 0. The highest BCUT2D eigenvalue weighted by molar-refractivity contribution is 7.99. The molecule has 0 bridgehead atoms. The van der Waals surface area contributed by atoms with Crippen LogP contribution >= 0.6 is 11.8 Å². The van der Waals surface area contributed by atoms with Gasteiger partial charge in [-0.15, -0.1) is 0 Å². The molecule has 3 aromatic rings. The van der Waals surface area contributed by atoms with Crippen LogP contribution in [-0.2, 0) is 17.8 Å². The Morgan fingerprint density at radius 2 is 2.07 bits per heavy atom. The van der Waals surface area contributed by atoms with E-state index in [0.29, 0.717) is 22.8 Å². The van der Waals surface area contributed by atoms with Gasteiger partial charge in [0.25, 0.3) is 5.56 Å². The van der Waals surface area contributed by atoms with Crippen LogP contribution in [0.5, 0.6) is 0 Å². The van der Waals surface area contributed by atoms with E-state index in [1.54, 1.807) is 16.3 Å². The van der Waals surface area contributed by atoms with E-state index in [9.17, 15) is 4.79 Å². The molecule has 0 N–H and O–H groups in total. The summed E-state index contributed by atoms with van der Waals surface area (Å²) in [7, 11) is 0. The molecular formula is C23H27N3O2S. The molecule has 1 aromatic carbocycles. The van der Waals surface area contributed by atoms with E-state index in [4.69, 9.17) is 14.7 Å². The van der Waals surface area contributed by atoms with Crippen LogP contribution in [0.4, 0.5) is 0 Å². The minimum absolute atomic E-state index is 0.0697. The molecule has 0 amide bonds. The molecule has 1 aliphatic heterocycles. The van der Waals surface area contributed by atoms with E-state index in [1.165, 1.54) is 0 Å². The molecule has 0 radical (unpaired) electrons. The minimum Gasteiger partial charge on any atom is -0.370 e. The van der Waals surface area contributed by atoms with Crippen LogP contribution < -0.4 is 5.56 Å². The summed E-state index contributed by atoms with van der Waals surface area (Å²) in [4.78, 5) is 23.2. The molecule has 4 rings (SSSR count). The van der Waals surface area contributed by atoms with Crippen LogP contribution in [0.15, 0.2) is 40.3 Å². The highest BCUT2D eigenvalue weighted by Gasteiger charge is 2.28. The molecule has 3 heterocycles. The first-order chi connectivity index (χ1) is 13.9. The zero-order valence-corrected chi connectivity index (χ0v) is 18.3. The first-order valence-corrected chi connectivity index (χ1v) is 11.2. The number of aryl methyl sites for hydroxylation is 1. The molecule has 152 valence electrons. The number of ether oxygens (including phenoxy) is 1. The number of aromatic nitrogens is 3. The maximum Gasteiger partial charge on any atom is 0.268 e. The molecule has 29 heavy (non-hydrogen) atoms. The predicted molar refractivity (Wildman–Crippen MR) is 118 cm³/mol. The van der Waals surface area contributed by atoms with Gasteiger partial charge in [0.05, 0.1) is 29.0 Å². The van der Waals surface area contributed by atoms with Gasteiger partial charge in [0, 0.05) is 17.7 Å². The molecule has 0 saturated carbocycles. The van der Waals surface area contributed by atoms with Gasteiger partial charge in [0.15, 0.2) is 10.8 Å². The van der Waals surface area contributed by atoms with Crippen LogP contribution in [0.1, 0.15) is 50.4 Å². The topological polar surface area (TPSA) is 57.0 Å². The van der Waals surface area contributed by atoms with Gasteiger partial charge >= 0.3 is 0 Å². The van der Waals surface area contributed by atoms with Gasteiger partial charge < -0.3 is 4.74 Å². The number of unbranched alkanes of at least 4 members (excludes halogenated alkanes) is 1. The Balaban J connectivity index is 1.91. The number of benzene rings is 1. The molecule has 0 saturated heterocycles. The highest BCUT2D eigenvalue weighted by Crippen LogP contribution is 2.29. The van der Waals surface area contributed by atoms with E-state index in [0.717, 1.165) is 47.5 Å². The highest BCUT2D eigenvalue weighted by atomic mass is 32.2. The summed E-state index contributed by atoms with van der Waals surface area (Å²) < 4.78 is 7.66. The molecule has 0 unspecified atom stereocenters. The van der Waals surface area contributed by atoms with E-state index in [-0.39, 0.29) is 11.2 Å². The van der Waals surface area contributed by atoms with Gasteiger partial charge in [0.2, 0.25) is 0 Å². The van der Waals surface area contributed by atoms with Crippen molar-refractivity contribution in [1.29, 1.82) is 0 Å². The van der Waals surface area contributed by atoms with Crippen molar-refractivity contribution in [1.82, 2.24) is 14.5 Å². The van der Waals surface area contributed by atoms with Crippen LogP contribution in [0, 0.1) is 6.92 Å². The second kappa shape index (κ2) is 7.92. The lowest BCUT2D eigenvalue weighted by Gasteiger charge is -2.31.